The minimum Gasteiger partial charge on any atom is -0.491 e. The van der Waals surface area contributed by atoms with Crippen molar-refractivity contribution >= 4 is 23.5 Å². The van der Waals surface area contributed by atoms with Gasteiger partial charge < -0.3 is 34.6 Å². The number of rotatable bonds is 9. The van der Waals surface area contributed by atoms with Gasteiger partial charge >= 0.3 is 6.09 Å². The monoisotopic (exact) mass is 562 g/mol. The van der Waals surface area contributed by atoms with E-state index in [0.29, 0.717) is 57.0 Å². The smallest absolute Gasteiger partial charge is 0.409 e. The van der Waals surface area contributed by atoms with Gasteiger partial charge in [-0.2, -0.15) is 0 Å². The Bertz CT molecular complexity index is 1320. The van der Waals surface area contributed by atoms with Gasteiger partial charge in [-0.05, 0) is 46.0 Å². The summed E-state index contributed by atoms with van der Waals surface area (Å²) in [6, 6.07) is 4.31. The van der Waals surface area contributed by atoms with Gasteiger partial charge in [0.05, 0.1) is 41.7 Å². The van der Waals surface area contributed by atoms with E-state index in [1.165, 1.54) is 12.0 Å². The van der Waals surface area contributed by atoms with Gasteiger partial charge in [0, 0.05) is 24.2 Å². The van der Waals surface area contributed by atoms with Crippen LogP contribution in [0.15, 0.2) is 22.7 Å². The van der Waals surface area contributed by atoms with Gasteiger partial charge in [-0.3, -0.25) is 0 Å². The molecule has 3 heterocycles. The molecule has 1 amide bonds. The summed E-state index contributed by atoms with van der Waals surface area (Å²) < 4.78 is 30.9. The average molecular weight is 563 g/mol. The maximum atomic E-state index is 15.0. The molecular formula is C26H32ClFN6O5. The number of nitrogens with one attached hydrogen (secondary N) is 2. The lowest BCUT2D eigenvalue weighted by atomic mass is 10.0. The number of amides is 1. The summed E-state index contributed by atoms with van der Waals surface area (Å²) in [4.78, 5) is 22.8. The van der Waals surface area contributed by atoms with Gasteiger partial charge in [-0.1, -0.05) is 16.8 Å². The van der Waals surface area contributed by atoms with Crippen molar-refractivity contribution in [2.24, 2.45) is 0 Å². The van der Waals surface area contributed by atoms with Crippen LogP contribution in [0.2, 0.25) is 5.02 Å². The van der Waals surface area contributed by atoms with Crippen molar-refractivity contribution < 1.29 is 28.3 Å². The number of hydrogen-bond donors (Lipinski definition) is 3. The number of hydrogen-bond acceptors (Lipinski definition) is 10. The number of halogens is 2. The molecular weight excluding hydrogens is 531 g/mol. The molecule has 0 radical (unpaired) electrons. The number of aliphatic hydroxyl groups excluding tert-OH is 1. The number of aliphatic hydroxyl groups is 1. The molecule has 3 atom stereocenters. The maximum absolute atomic E-state index is 15.0. The summed E-state index contributed by atoms with van der Waals surface area (Å²) in [5.41, 5.74) is 3.00. The predicted molar refractivity (Wildman–Crippen MR) is 144 cm³/mol. The Morgan fingerprint density at radius 1 is 1.31 bits per heavy atom. The number of likely N-dealkylation sites (tertiary alicyclic amines) is 1. The molecule has 39 heavy (non-hydrogen) atoms. The molecule has 1 aliphatic heterocycles. The standard InChI is InChI=1S/C26H32ClFN6O5/c1-13-23(22-14(2)33-39-15(22)3)31-25(18-8-17(6-7-19(18)27)38-12-16(35)9-29-4)32-24(13)30-21-11-34(10-20(21)28)26(36)37-5/h6-8,16,20-21,29,35H,9-12H2,1-5H3,(H,30,31,32). The highest BCUT2D eigenvalue weighted by atomic mass is 35.5. The van der Waals surface area contributed by atoms with Crippen LogP contribution in [-0.2, 0) is 4.74 Å². The first-order valence-electron chi connectivity index (χ1n) is 12.4. The summed E-state index contributed by atoms with van der Waals surface area (Å²) in [7, 11) is 3.00. The zero-order valence-electron chi connectivity index (χ0n) is 22.4. The van der Waals surface area contributed by atoms with E-state index in [9.17, 15) is 14.3 Å². The highest BCUT2D eigenvalue weighted by Crippen LogP contribution is 2.36. The Balaban J connectivity index is 1.75. The zero-order chi connectivity index (χ0) is 28.3. The minimum absolute atomic E-state index is 0.0735. The van der Waals surface area contributed by atoms with Crippen molar-refractivity contribution in [1.29, 1.82) is 0 Å². The summed E-state index contributed by atoms with van der Waals surface area (Å²) in [5.74, 6) is 1.67. The lowest BCUT2D eigenvalue weighted by molar-refractivity contribution is 0.108. The molecule has 0 spiro atoms. The second kappa shape index (κ2) is 12.1. The van der Waals surface area contributed by atoms with Crippen LogP contribution in [0.3, 0.4) is 0 Å². The third-order valence-corrected chi connectivity index (χ3v) is 6.81. The van der Waals surface area contributed by atoms with E-state index in [-0.39, 0.29) is 25.5 Å². The van der Waals surface area contributed by atoms with Gasteiger partial charge in [-0.25, -0.2) is 19.2 Å². The van der Waals surface area contributed by atoms with E-state index in [0.717, 1.165) is 0 Å². The lowest BCUT2D eigenvalue weighted by Crippen LogP contribution is -2.32. The van der Waals surface area contributed by atoms with Crippen molar-refractivity contribution in [2.75, 3.05) is 45.7 Å². The SMILES string of the molecule is CNCC(O)COc1ccc(Cl)c(-c2nc(NC3CN(C(=O)OC)CC3F)c(C)c(-c3c(C)noc3C)n2)c1. The fourth-order valence-corrected chi connectivity index (χ4v) is 4.65. The molecule has 11 nitrogen and oxygen atoms in total. The third-order valence-electron chi connectivity index (χ3n) is 6.48. The van der Waals surface area contributed by atoms with E-state index < -0.39 is 24.4 Å². The minimum atomic E-state index is -1.34. The normalized spacial score (nSPS) is 17.8. The van der Waals surface area contributed by atoms with Crippen LogP contribution in [0.4, 0.5) is 15.0 Å². The number of methoxy groups -OCH3 is 1. The van der Waals surface area contributed by atoms with E-state index in [1.54, 1.807) is 39.1 Å². The first kappa shape index (κ1) is 28.5. The molecule has 1 fully saturated rings. The van der Waals surface area contributed by atoms with Gasteiger partial charge in [0.15, 0.2) is 5.82 Å². The number of carbonyl (C=O) groups excluding carboxylic acids is 1. The number of ether oxygens (including phenoxy) is 2. The molecule has 4 rings (SSSR count). The van der Waals surface area contributed by atoms with Crippen molar-refractivity contribution in [2.45, 2.75) is 39.1 Å². The molecule has 13 heteroatoms. The second-order valence-electron chi connectivity index (χ2n) is 9.37. The summed E-state index contributed by atoms with van der Waals surface area (Å²) in [6.45, 7) is 5.86. The van der Waals surface area contributed by atoms with Crippen LogP contribution >= 0.6 is 11.6 Å². The van der Waals surface area contributed by atoms with Crippen molar-refractivity contribution in [3.05, 3.63) is 40.2 Å². The fraction of sp³-hybridized carbons (Fsp3) is 0.462. The number of anilines is 1. The zero-order valence-corrected chi connectivity index (χ0v) is 23.2. The summed E-state index contributed by atoms with van der Waals surface area (Å²) in [5, 5.41) is 20.5. The molecule has 1 aliphatic rings. The topological polar surface area (TPSA) is 135 Å². The molecule has 0 bridgehead atoms. The van der Waals surface area contributed by atoms with Crippen molar-refractivity contribution in [3.63, 3.8) is 0 Å². The van der Waals surface area contributed by atoms with E-state index in [2.05, 4.69) is 15.8 Å². The Hall–Kier alpha value is -3.48. The molecule has 2 aromatic heterocycles. The number of benzene rings is 1. The quantitative estimate of drug-likeness (QED) is 0.355. The highest BCUT2D eigenvalue weighted by molar-refractivity contribution is 6.33. The number of aryl methyl sites for hydroxylation is 2. The van der Waals surface area contributed by atoms with Crippen LogP contribution in [0, 0.1) is 20.8 Å². The molecule has 3 aromatic rings. The van der Waals surface area contributed by atoms with Crippen molar-refractivity contribution in [3.8, 4) is 28.4 Å². The van der Waals surface area contributed by atoms with E-state index >= 15 is 0 Å². The van der Waals surface area contributed by atoms with Gasteiger partial charge in [-0.15, -0.1) is 0 Å². The van der Waals surface area contributed by atoms with Crippen LogP contribution in [0.5, 0.6) is 5.75 Å². The molecule has 3 N–H and O–H groups in total. The average Bonchev–Trinajstić information content (AvgIpc) is 3.45. The van der Waals surface area contributed by atoms with E-state index in [1.807, 2.05) is 6.92 Å². The van der Waals surface area contributed by atoms with Gasteiger partial charge in [0.2, 0.25) is 0 Å². The molecule has 3 unspecified atom stereocenters. The van der Waals surface area contributed by atoms with E-state index in [4.69, 9.17) is 35.6 Å². The first-order chi connectivity index (χ1) is 18.6. The Morgan fingerprint density at radius 3 is 2.74 bits per heavy atom. The first-order valence-corrected chi connectivity index (χ1v) is 12.8. The number of alkyl halides is 1. The largest absolute Gasteiger partial charge is 0.491 e. The third kappa shape index (κ3) is 6.23. The summed E-state index contributed by atoms with van der Waals surface area (Å²) >= 11 is 6.57. The van der Waals surface area contributed by atoms with Crippen LogP contribution in [0.25, 0.3) is 22.6 Å². The molecule has 1 aromatic carbocycles. The Labute approximate surface area is 230 Å². The predicted octanol–water partition coefficient (Wildman–Crippen LogP) is 3.54. The number of aromatic nitrogens is 3. The maximum Gasteiger partial charge on any atom is 0.409 e. The highest BCUT2D eigenvalue weighted by Gasteiger charge is 2.37. The Kier molecular flexibility index (Phi) is 8.88. The number of carbonyl (C=O) groups is 1. The fourth-order valence-electron chi connectivity index (χ4n) is 4.45. The second-order valence-corrected chi connectivity index (χ2v) is 9.78. The number of likely N-dealkylation sites (N-methyl/N-ethyl adjacent to an activating group) is 1. The molecule has 1 saturated heterocycles. The van der Waals surface area contributed by atoms with Crippen LogP contribution in [0.1, 0.15) is 17.0 Å². The molecule has 0 saturated carbocycles. The Morgan fingerprint density at radius 2 is 2.08 bits per heavy atom. The van der Waals surface area contributed by atoms with Crippen LogP contribution < -0.4 is 15.4 Å². The summed E-state index contributed by atoms with van der Waals surface area (Å²) in [6.07, 6.45) is -2.63. The van der Waals surface area contributed by atoms with Crippen molar-refractivity contribution in [1.82, 2.24) is 25.3 Å². The van der Waals surface area contributed by atoms with Crippen LogP contribution in [-0.4, -0.2) is 89.9 Å². The van der Waals surface area contributed by atoms with Gasteiger partial charge in [0.25, 0.3) is 0 Å². The van der Waals surface area contributed by atoms with Gasteiger partial charge in [0.1, 0.15) is 36.2 Å². The molecule has 0 aliphatic carbocycles. The number of nitrogens with zero attached hydrogens (tertiary/aromatic N) is 4. The molecule has 210 valence electrons. The lowest BCUT2D eigenvalue weighted by Gasteiger charge is -2.20.